The number of ether oxygens (including phenoxy) is 1. The largest absolute Gasteiger partial charge is 0.478 e. The first-order chi connectivity index (χ1) is 10.1. The van der Waals surface area contributed by atoms with Crippen molar-refractivity contribution in [3.05, 3.63) is 80.9 Å². The van der Waals surface area contributed by atoms with Crippen LogP contribution < -0.4 is 0 Å². The molecule has 0 bridgehead atoms. The minimum Gasteiger partial charge on any atom is -0.478 e. The lowest BCUT2D eigenvalue weighted by molar-refractivity contribution is -0.490. The lowest BCUT2D eigenvalue weighted by atomic mass is 10.0. The van der Waals surface area contributed by atoms with Gasteiger partial charge in [0, 0.05) is 16.1 Å². The monoisotopic (exact) mass is 281 g/mol. The van der Waals surface area contributed by atoms with Crippen molar-refractivity contribution >= 4 is 11.8 Å². The van der Waals surface area contributed by atoms with E-state index in [4.69, 9.17) is 4.74 Å². The van der Waals surface area contributed by atoms with Gasteiger partial charge in [0.25, 0.3) is 0 Å². The SMILES string of the molecule is Cc1ccc(/C=C2\OC(C[N+](=O)[O-])c3ccccc32)cc1. The van der Waals surface area contributed by atoms with Crippen LogP contribution in [0.2, 0.25) is 0 Å². The maximum Gasteiger partial charge on any atom is 0.244 e. The molecule has 1 atom stereocenters. The van der Waals surface area contributed by atoms with Gasteiger partial charge in [-0.2, -0.15) is 0 Å². The van der Waals surface area contributed by atoms with E-state index in [-0.39, 0.29) is 11.5 Å². The van der Waals surface area contributed by atoms with Crippen molar-refractivity contribution < 1.29 is 9.66 Å². The molecule has 0 saturated heterocycles. The van der Waals surface area contributed by atoms with Crippen LogP contribution in [-0.4, -0.2) is 11.5 Å². The molecule has 0 saturated carbocycles. The normalized spacial score (nSPS) is 18.3. The third-order valence-electron chi connectivity index (χ3n) is 3.53. The van der Waals surface area contributed by atoms with E-state index in [0.717, 1.165) is 16.7 Å². The molecule has 3 rings (SSSR count). The molecule has 1 heterocycles. The van der Waals surface area contributed by atoms with Crippen molar-refractivity contribution in [1.29, 1.82) is 0 Å². The molecule has 1 aliphatic heterocycles. The summed E-state index contributed by atoms with van der Waals surface area (Å²) in [5.74, 6) is 0.696. The third-order valence-corrected chi connectivity index (χ3v) is 3.53. The third kappa shape index (κ3) is 2.79. The first-order valence-corrected chi connectivity index (χ1v) is 6.79. The van der Waals surface area contributed by atoms with Crippen LogP contribution in [0, 0.1) is 17.0 Å². The van der Waals surface area contributed by atoms with Gasteiger partial charge in [0.05, 0.1) is 0 Å². The fourth-order valence-corrected chi connectivity index (χ4v) is 2.48. The Labute approximate surface area is 122 Å². The summed E-state index contributed by atoms with van der Waals surface area (Å²) in [5.41, 5.74) is 4.03. The van der Waals surface area contributed by atoms with Gasteiger partial charge in [0.1, 0.15) is 5.76 Å². The molecule has 0 aromatic heterocycles. The van der Waals surface area contributed by atoms with Crippen molar-refractivity contribution in [3.8, 4) is 0 Å². The van der Waals surface area contributed by atoms with Gasteiger partial charge in [-0.25, -0.2) is 0 Å². The zero-order chi connectivity index (χ0) is 14.8. The van der Waals surface area contributed by atoms with E-state index in [9.17, 15) is 10.1 Å². The highest BCUT2D eigenvalue weighted by molar-refractivity contribution is 5.81. The second kappa shape index (κ2) is 5.40. The number of fused-ring (bicyclic) bond motifs is 1. The van der Waals surface area contributed by atoms with Gasteiger partial charge < -0.3 is 4.74 Å². The van der Waals surface area contributed by atoms with Crippen LogP contribution >= 0.6 is 0 Å². The highest BCUT2D eigenvalue weighted by atomic mass is 16.6. The Morgan fingerprint density at radius 2 is 1.90 bits per heavy atom. The Bertz CT molecular complexity index is 704. The van der Waals surface area contributed by atoms with Crippen LogP contribution in [0.1, 0.15) is 28.4 Å². The number of hydrogen-bond acceptors (Lipinski definition) is 3. The number of rotatable bonds is 3. The minimum absolute atomic E-state index is 0.220. The molecule has 0 spiro atoms. The van der Waals surface area contributed by atoms with Crippen LogP contribution in [0.4, 0.5) is 0 Å². The molecule has 0 amide bonds. The van der Waals surface area contributed by atoms with Gasteiger partial charge in [-0.15, -0.1) is 0 Å². The summed E-state index contributed by atoms with van der Waals surface area (Å²) in [6, 6.07) is 15.7. The zero-order valence-electron chi connectivity index (χ0n) is 11.7. The van der Waals surface area contributed by atoms with E-state index in [1.165, 1.54) is 5.56 Å². The second-order valence-corrected chi connectivity index (χ2v) is 5.13. The first kappa shape index (κ1) is 13.4. The Kier molecular flexibility index (Phi) is 3.44. The maximum absolute atomic E-state index is 10.8. The molecule has 4 nitrogen and oxygen atoms in total. The fourth-order valence-electron chi connectivity index (χ4n) is 2.48. The summed E-state index contributed by atoms with van der Waals surface area (Å²) in [5, 5.41) is 10.8. The lowest BCUT2D eigenvalue weighted by Gasteiger charge is -2.06. The minimum atomic E-state index is -0.507. The lowest BCUT2D eigenvalue weighted by Crippen LogP contribution is -2.11. The molecule has 1 aliphatic rings. The van der Waals surface area contributed by atoms with Crippen LogP contribution in [0.25, 0.3) is 11.8 Å². The van der Waals surface area contributed by atoms with Crippen molar-refractivity contribution in [3.63, 3.8) is 0 Å². The molecule has 0 radical (unpaired) electrons. The fraction of sp³-hybridized carbons (Fsp3) is 0.176. The van der Waals surface area contributed by atoms with Crippen LogP contribution in [0.3, 0.4) is 0 Å². The molecular weight excluding hydrogens is 266 g/mol. The van der Waals surface area contributed by atoms with Gasteiger partial charge in [0.15, 0.2) is 6.10 Å². The standard InChI is InChI=1S/C17H15NO3/c1-12-6-8-13(9-7-12)10-16-14-4-2-3-5-15(14)17(21-16)11-18(19)20/h2-10,17H,11H2,1H3/b16-10-. The number of nitrogens with zero attached hydrogens (tertiary/aromatic N) is 1. The molecule has 21 heavy (non-hydrogen) atoms. The number of benzene rings is 2. The van der Waals surface area contributed by atoms with Crippen LogP contribution in [0.5, 0.6) is 0 Å². The van der Waals surface area contributed by atoms with Gasteiger partial charge >= 0.3 is 0 Å². The topological polar surface area (TPSA) is 52.4 Å². The Balaban J connectivity index is 1.97. The Morgan fingerprint density at radius 3 is 2.62 bits per heavy atom. The highest BCUT2D eigenvalue weighted by Crippen LogP contribution is 2.39. The van der Waals surface area contributed by atoms with Crippen LogP contribution in [0.15, 0.2) is 48.5 Å². The summed E-state index contributed by atoms with van der Waals surface area (Å²) in [6.45, 7) is 1.81. The molecule has 0 N–H and O–H groups in total. The van der Waals surface area contributed by atoms with E-state index in [1.54, 1.807) is 0 Å². The summed E-state index contributed by atoms with van der Waals surface area (Å²) in [6.07, 6.45) is 1.42. The second-order valence-electron chi connectivity index (χ2n) is 5.13. The van der Waals surface area contributed by atoms with Gasteiger partial charge in [0.2, 0.25) is 6.54 Å². The molecule has 4 heteroatoms. The zero-order valence-corrected chi connectivity index (χ0v) is 11.7. The quantitative estimate of drug-likeness (QED) is 0.634. The summed E-state index contributed by atoms with van der Waals surface area (Å²) in [4.78, 5) is 10.4. The summed E-state index contributed by atoms with van der Waals surface area (Å²) in [7, 11) is 0. The highest BCUT2D eigenvalue weighted by Gasteiger charge is 2.31. The predicted octanol–water partition coefficient (Wildman–Crippen LogP) is 3.84. The molecular formula is C17H15NO3. The van der Waals surface area contributed by atoms with Crippen molar-refractivity contribution in [2.45, 2.75) is 13.0 Å². The van der Waals surface area contributed by atoms with Gasteiger partial charge in [-0.1, -0.05) is 54.1 Å². The summed E-state index contributed by atoms with van der Waals surface area (Å²) < 4.78 is 5.80. The summed E-state index contributed by atoms with van der Waals surface area (Å²) >= 11 is 0. The molecule has 2 aromatic rings. The number of hydrogen-bond donors (Lipinski definition) is 0. The average molecular weight is 281 g/mol. The molecule has 0 fully saturated rings. The van der Waals surface area contributed by atoms with Crippen LogP contribution in [-0.2, 0) is 4.74 Å². The molecule has 2 aromatic carbocycles. The van der Waals surface area contributed by atoms with Gasteiger partial charge in [-0.05, 0) is 18.6 Å². The van der Waals surface area contributed by atoms with E-state index >= 15 is 0 Å². The van der Waals surface area contributed by atoms with Crippen molar-refractivity contribution in [2.75, 3.05) is 6.54 Å². The Morgan fingerprint density at radius 1 is 1.19 bits per heavy atom. The van der Waals surface area contributed by atoms with Crippen molar-refractivity contribution in [1.82, 2.24) is 0 Å². The molecule has 1 unspecified atom stereocenters. The van der Waals surface area contributed by atoms with Gasteiger partial charge in [-0.3, -0.25) is 10.1 Å². The molecule has 106 valence electrons. The number of aryl methyl sites for hydroxylation is 1. The average Bonchev–Trinajstić information content (AvgIpc) is 2.79. The maximum atomic E-state index is 10.8. The van der Waals surface area contributed by atoms with E-state index in [1.807, 2.05) is 61.5 Å². The Hall–Kier alpha value is -2.62. The van der Waals surface area contributed by atoms with E-state index < -0.39 is 6.10 Å². The molecule has 0 aliphatic carbocycles. The van der Waals surface area contributed by atoms with E-state index in [0.29, 0.717) is 5.76 Å². The van der Waals surface area contributed by atoms with Crippen molar-refractivity contribution in [2.24, 2.45) is 0 Å². The smallest absolute Gasteiger partial charge is 0.244 e. The van der Waals surface area contributed by atoms with E-state index in [2.05, 4.69) is 0 Å². The predicted molar refractivity (Wildman–Crippen MR) is 81.2 cm³/mol. The first-order valence-electron chi connectivity index (χ1n) is 6.79. The number of nitro groups is 1.